The zero-order chi connectivity index (χ0) is 12.4. The standard InChI is InChI=1S/C14H18N2S/c1-10-7-8-17-14(10)13(16(2)3)11-5-4-6-12(15)9-11/h4-9,13H,15H2,1-3H3. The molecule has 2 aromatic rings. The molecule has 3 heteroatoms. The fourth-order valence-electron chi connectivity index (χ4n) is 2.08. The van der Waals surface area contributed by atoms with Crippen LogP contribution in [0.25, 0.3) is 0 Å². The van der Waals surface area contributed by atoms with Crippen molar-refractivity contribution in [2.75, 3.05) is 19.8 Å². The Morgan fingerprint density at radius 3 is 2.53 bits per heavy atom. The minimum absolute atomic E-state index is 0.290. The van der Waals surface area contributed by atoms with Gasteiger partial charge in [-0.15, -0.1) is 11.3 Å². The Hall–Kier alpha value is -1.32. The van der Waals surface area contributed by atoms with Gasteiger partial charge >= 0.3 is 0 Å². The number of hydrogen-bond donors (Lipinski definition) is 1. The van der Waals surface area contributed by atoms with E-state index in [2.05, 4.69) is 49.5 Å². The molecule has 0 fully saturated rings. The number of nitrogen functional groups attached to an aromatic ring is 1. The highest BCUT2D eigenvalue weighted by Gasteiger charge is 2.19. The Bertz CT molecular complexity index is 502. The minimum Gasteiger partial charge on any atom is -0.399 e. The van der Waals surface area contributed by atoms with E-state index in [0.717, 1.165) is 5.69 Å². The first-order valence-electron chi connectivity index (χ1n) is 5.65. The molecule has 1 aromatic heterocycles. The first-order chi connectivity index (χ1) is 8.09. The number of nitrogens with two attached hydrogens (primary N) is 1. The van der Waals surface area contributed by atoms with E-state index in [4.69, 9.17) is 5.73 Å². The maximum Gasteiger partial charge on any atom is 0.0694 e. The molecule has 0 saturated heterocycles. The molecule has 2 N–H and O–H groups in total. The second kappa shape index (κ2) is 4.90. The van der Waals surface area contributed by atoms with Gasteiger partial charge < -0.3 is 5.73 Å². The number of rotatable bonds is 3. The van der Waals surface area contributed by atoms with Gasteiger partial charge in [0.15, 0.2) is 0 Å². The van der Waals surface area contributed by atoms with Crippen LogP contribution in [0.1, 0.15) is 22.0 Å². The molecular weight excluding hydrogens is 228 g/mol. The van der Waals surface area contributed by atoms with Gasteiger partial charge in [0.1, 0.15) is 0 Å². The first kappa shape index (κ1) is 12.1. The molecule has 1 heterocycles. The summed E-state index contributed by atoms with van der Waals surface area (Å²) < 4.78 is 0. The van der Waals surface area contributed by atoms with Crippen LogP contribution >= 0.6 is 11.3 Å². The topological polar surface area (TPSA) is 29.3 Å². The van der Waals surface area contributed by atoms with E-state index < -0.39 is 0 Å². The van der Waals surface area contributed by atoms with Crippen molar-refractivity contribution in [3.8, 4) is 0 Å². The molecule has 0 aliphatic heterocycles. The van der Waals surface area contributed by atoms with Crippen LogP contribution in [0.2, 0.25) is 0 Å². The number of aryl methyl sites for hydroxylation is 1. The number of hydrogen-bond acceptors (Lipinski definition) is 3. The van der Waals surface area contributed by atoms with Crippen molar-refractivity contribution >= 4 is 17.0 Å². The summed E-state index contributed by atoms with van der Waals surface area (Å²) >= 11 is 1.80. The number of anilines is 1. The van der Waals surface area contributed by atoms with Crippen LogP contribution in [-0.4, -0.2) is 19.0 Å². The summed E-state index contributed by atoms with van der Waals surface area (Å²) in [4.78, 5) is 3.62. The zero-order valence-corrected chi connectivity index (χ0v) is 11.3. The summed E-state index contributed by atoms with van der Waals surface area (Å²) in [5.74, 6) is 0. The van der Waals surface area contributed by atoms with Crippen molar-refractivity contribution in [3.05, 3.63) is 51.7 Å². The Labute approximate surface area is 107 Å². The molecule has 2 rings (SSSR count). The summed E-state index contributed by atoms with van der Waals surface area (Å²) in [6.07, 6.45) is 0. The normalized spacial score (nSPS) is 12.9. The molecule has 2 nitrogen and oxygen atoms in total. The van der Waals surface area contributed by atoms with Gasteiger partial charge in [-0.2, -0.15) is 0 Å². The summed E-state index contributed by atoms with van der Waals surface area (Å²) in [5, 5.41) is 2.15. The van der Waals surface area contributed by atoms with Crippen molar-refractivity contribution in [1.82, 2.24) is 4.90 Å². The summed E-state index contributed by atoms with van der Waals surface area (Å²) in [6, 6.07) is 10.6. The van der Waals surface area contributed by atoms with Crippen molar-refractivity contribution in [2.24, 2.45) is 0 Å². The quantitative estimate of drug-likeness (QED) is 0.842. The van der Waals surface area contributed by atoms with Gasteiger partial charge in [-0.05, 0) is 55.7 Å². The highest BCUT2D eigenvalue weighted by Crippen LogP contribution is 2.33. The molecular formula is C14H18N2S. The smallest absolute Gasteiger partial charge is 0.0694 e. The second-order valence-electron chi connectivity index (χ2n) is 4.50. The van der Waals surface area contributed by atoms with Crippen LogP contribution in [-0.2, 0) is 0 Å². The van der Waals surface area contributed by atoms with E-state index >= 15 is 0 Å². The van der Waals surface area contributed by atoms with Gasteiger partial charge in [0.25, 0.3) is 0 Å². The fraction of sp³-hybridized carbons (Fsp3) is 0.286. The zero-order valence-electron chi connectivity index (χ0n) is 10.5. The van der Waals surface area contributed by atoms with Crippen LogP contribution in [0.4, 0.5) is 5.69 Å². The average molecular weight is 246 g/mol. The highest BCUT2D eigenvalue weighted by molar-refractivity contribution is 7.10. The summed E-state index contributed by atoms with van der Waals surface area (Å²) in [5.41, 5.74) is 9.29. The van der Waals surface area contributed by atoms with Gasteiger partial charge in [0, 0.05) is 10.6 Å². The van der Waals surface area contributed by atoms with Gasteiger partial charge in [0.05, 0.1) is 6.04 Å². The molecule has 0 bridgehead atoms. The van der Waals surface area contributed by atoms with Crippen molar-refractivity contribution < 1.29 is 0 Å². The molecule has 0 saturated carbocycles. The van der Waals surface area contributed by atoms with E-state index in [0.29, 0.717) is 6.04 Å². The van der Waals surface area contributed by atoms with Gasteiger partial charge in [-0.1, -0.05) is 12.1 Å². The van der Waals surface area contributed by atoms with Gasteiger partial charge in [-0.25, -0.2) is 0 Å². The number of thiophene rings is 1. The average Bonchev–Trinajstić information content (AvgIpc) is 2.65. The molecule has 0 aliphatic rings. The lowest BCUT2D eigenvalue weighted by atomic mass is 10.0. The predicted molar refractivity (Wildman–Crippen MR) is 75.4 cm³/mol. The Morgan fingerprint density at radius 2 is 2.00 bits per heavy atom. The molecule has 1 aromatic carbocycles. The van der Waals surface area contributed by atoms with Gasteiger partial charge in [-0.3, -0.25) is 4.90 Å². The van der Waals surface area contributed by atoms with Crippen LogP contribution in [0.3, 0.4) is 0 Å². The Morgan fingerprint density at radius 1 is 1.24 bits per heavy atom. The fourth-order valence-corrected chi connectivity index (χ4v) is 3.23. The Balaban J connectivity index is 2.47. The van der Waals surface area contributed by atoms with E-state index in [1.807, 2.05) is 12.1 Å². The van der Waals surface area contributed by atoms with E-state index in [1.165, 1.54) is 16.0 Å². The third-order valence-corrected chi connectivity index (χ3v) is 3.96. The molecule has 0 spiro atoms. The molecule has 0 aliphatic carbocycles. The third-order valence-electron chi connectivity index (χ3n) is 2.89. The highest BCUT2D eigenvalue weighted by atomic mass is 32.1. The molecule has 17 heavy (non-hydrogen) atoms. The molecule has 1 atom stereocenters. The van der Waals surface area contributed by atoms with Gasteiger partial charge in [0.2, 0.25) is 0 Å². The third kappa shape index (κ3) is 2.51. The predicted octanol–water partition coefficient (Wildman–Crippen LogP) is 3.29. The maximum atomic E-state index is 5.87. The number of benzene rings is 1. The van der Waals surface area contributed by atoms with Crippen LogP contribution < -0.4 is 5.73 Å². The lowest BCUT2D eigenvalue weighted by Crippen LogP contribution is -2.20. The summed E-state index contributed by atoms with van der Waals surface area (Å²) in [6.45, 7) is 2.16. The molecule has 1 unspecified atom stereocenters. The molecule has 90 valence electrons. The van der Waals surface area contributed by atoms with Crippen molar-refractivity contribution in [1.29, 1.82) is 0 Å². The van der Waals surface area contributed by atoms with Crippen LogP contribution in [0.15, 0.2) is 35.7 Å². The largest absolute Gasteiger partial charge is 0.399 e. The van der Waals surface area contributed by atoms with E-state index in [-0.39, 0.29) is 0 Å². The monoisotopic (exact) mass is 246 g/mol. The first-order valence-corrected chi connectivity index (χ1v) is 6.53. The minimum atomic E-state index is 0.290. The summed E-state index contributed by atoms with van der Waals surface area (Å²) in [7, 11) is 4.21. The van der Waals surface area contributed by atoms with E-state index in [1.54, 1.807) is 11.3 Å². The van der Waals surface area contributed by atoms with Crippen molar-refractivity contribution in [3.63, 3.8) is 0 Å². The maximum absolute atomic E-state index is 5.87. The van der Waals surface area contributed by atoms with E-state index in [9.17, 15) is 0 Å². The Kier molecular flexibility index (Phi) is 3.50. The lowest BCUT2D eigenvalue weighted by molar-refractivity contribution is 0.346. The lowest BCUT2D eigenvalue weighted by Gasteiger charge is -2.25. The molecule has 0 radical (unpaired) electrons. The van der Waals surface area contributed by atoms with Crippen LogP contribution in [0, 0.1) is 6.92 Å². The van der Waals surface area contributed by atoms with Crippen molar-refractivity contribution in [2.45, 2.75) is 13.0 Å². The van der Waals surface area contributed by atoms with Crippen LogP contribution in [0.5, 0.6) is 0 Å². The molecule has 0 amide bonds. The second-order valence-corrected chi connectivity index (χ2v) is 5.45. The number of nitrogens with zero attached hydrogens (tertiary/aromatic N) is 1. The SMILES string of the molecule is Cc1ccsc1C(c1cccc(N)c1)N(C)C.